The van der Waals surface area contributed by atoms with Crippen LogP contribution in [-0.2, 0) is 20.9 Å². The van der Waals surface area contributed by atoms with Crippen LogP contribution in [0.3, 0.4) is 0 Å². The number of para-hydroxylation sites is 1. The summed E-state index contributed by atoms with van der Waals surface area (Å²) in [4.78, 5) is 37.8. The predicted molar refractivity (Wildman–Crippen MR) is 122 cm³/mol. The molecule has 4 rings (SSSR count). The summed E-state index contributed by atoms with van der Waals surface area (Å²) in [5, 5.41) is 0.623. The molecule has 3 aromatic rings. The number of fused-ring (bicyclic) bond motifs is 1. The summed E-state index contributed by atoms with van der Waals surface area (Å²) in [5.41, 5.74) is 1.87. The third-order valence-electron chi connectivity index (χ3n) is 4.96. The van der Waals surface area contributed by atoms with Crippen LogP contribution in [0.1, 0.15) is 18.1 Å². The van der Waals surface area contributed by atoms with Crippen LogP contribution in [0.5, 0.6) is 0 Å². The second kappa shape index (κ2) is 9.18. The first-order valence-corrected chi connectivity index (χ1v) is 11.0. The fraction of sp³-hybridized carbons (Fsp3) is 0.174. The van der Waals surface area contributed by atoms with Crippen molar-refractivity contribution in [1.82, 2.24) is 9.47 Å². The molecule has 0 N–H and O–H groups in total. The van der Waals surface area contributed by atoms with Crippen molar-refractivity contribution < 1.29 is 23.5 Å². The highest BCUT2D eigenvalue weighted by Gasteiger charge is 2.36. The van der Waals surface area contributed by atoms with E-state index in [1.54, 1.807) is 31.3 Å². The Hall–Kier alpha value is -3.10. The number of nitrogens with zero attached hydrogens (tertiary/aromatic N) is 2. The van der Waals surface area contributed by atoms with E-state index >= 15 is 0 Å². The zero-order valence-corrected chi connectivity index (χ0v) is 18.6. The highest BCUT2D eigenvalue weighted by Crippen LogP contribution is 2.34. The van der Waals surface area contributed by atoms with E-state index in [0.717, 1.165) is 27.6 Å². The van der Waals surface area contributed by atoms with Crippen molar-refractivity contribution in [3.8, 4) is 0 Å². The van der Waals surface area contributed by atoms with Crippen molar-refractivity contribution in [2.75, 3.05) is 13.2 Å². The van der Waals surface area contributed by atoms with E-state index in [0.29, 0.717) is 16.1 Å². The van der Waals surface area contributed by atoms with Crippen LogP contribution in [0, 0.1) is 5.82 Å². The van der Waals surface area contributed by atoms with Crippen molar-refractivity contribution in [3.63, 3.8) is 0 Å². The van der Waals surface area contributed by atoms with Crippen molar-refractivity contribution in [2.24, 2.45) is 0 Å². The molecule has 1 aliphatic rings. The third-order valence-corrected chi connectivity index (χ3v) is 6.22. The van der Waals surface area contributed by atoms with E-state index in [-0.39, 0.29) is 18.1 Å². The van der Waals surface area contributed by atoms with Crippen LogP contribution < -0.4 is 0 Å². The van der Waals surface area contributed by atoms with Crippen LogP contribution in [0.15, 0.2) is 53.6 Å². The molecular weight excluding hydrogens is 455 g/mol. The van der Waals surface area contributed by atoms with Crippen molar-refractivity contribution in [1.29, 1.82) is 0 Å². The Balaban J connectivity index is 1.69. The van der Waals surface area contributed by atoms with Gasteiger partial charge in [-0.2, -0.15) is 0 Å². The quantitative estimate of drug-likeness (QED) is 0.369. The number of benzene rings is 2. The predicted octanol–water partition coefficient (Wildman–Crippen LogP) is 5.08. The van der Waals surface area contributed by atoms with Gasteiger partial charge in [0.1, 0.15) is 12.4 Å². The van der Waals surface area contributed by atoms with Crippen LogP contribution >= 0.6 is 23.4 Å². The topological polar surface area (TPSA) is 68.6 Å². The zero-order chi connectivity index (χ0) is 22.8. The average molecular weight is 473 g/mol. The maximum absolute atomic E-state index is 14.3. The van der Waals surface area contributed by atoms with Crippen molar-refractivity contribution in [2.45, 2.75) is 13.5 Å². The van der Waals surface area contributed by atoms with Gasteiger partial charge in [0, 0.05) is 33.2 Å². The maximum atomic E-state index is 14.3. The number of halogens is 2. The minimum Gasteiger partial charge on any atom is -0.465 e. The molecule has 1 aliphatic heterocycles. The molecule has 0 radical (unpaired) electrons. The van der Waals surface area contributed by atoms with Gasteiger partial charge in [0.25, 0.3) is 11.1 Å². The number of hydrogen-bond acceptors (Lipinski definition) is 5. The number of ether oxygens (including phenoxy) is 1. The smallest absolute Gasteiger partial charge is 0.326 e. The van der Waals surface area contributed by atoms with E-state index in [2.05, 4.69) is 0 Å². The van der Waals surface area contributed by atoms with Crippen molar-refractivity contribution in [3.05, 3.63) is 75.5 Å². The molecule has 9 heteroatoms. The molecule has 1 aromatic heterocycles. The van der Waals surface area contributed by atoms with E-state index < -0.39 is 29.5 Å². The van der Waals surface area contributed by atoms with E-state index in [1.165, 1.54) is 6.07 Å². The Morgan fingerprint density at radius 1 is 1.19 bits per heavy atom. The summed E-state index contributed by atoms with van der Waals surface area (Å²) in [6.45, 7) is 1.58. The maximum Gasteiger partial charge on any atom is 0.326 e. The molecule has 0 saturated carbocycles. The monoisotopic (exact) mass is 472 g/mol. The number of hydrogen-bond donors (Lipinski definition) is 0. The number of imide groups is 1. The second-order valence-corrected chi connectivity index (χ2v) is 8.40. The fourth-order valence-electron chi connectivity index (χ4n) is 3.49. The minimum atomic E-state index is -0.644. The third kappa shape index (κ3) is 4.28. The molecule has 32 heavy (non-hydrogen) atoms. The Bertz CT molecular complexity index is 1250. The molecule has 2 amide bonds. The normalized spacial score (nSPS) is 15.2. The van der Waals surface area contributed by atoms with Crippen LogP contribution in [0.4, 0.5) is 9.18 Å². The minimum absolute atomic E-state index is 0.163. The number of thioether (sulfide) groups is 1. The Kier molecular flexibility index (Phi) is 6.34. The average Bonchev–Trinajstić information content (AvgIpc) is 3.23. The Morgan fingerprint density at radius 2 is 1.97 bits per heavy atom. The van der Waals surface area contributed by atoms with Crippen LogP contribution in [-0.4, -0.2) is 39.7 Å². The van der Waals surface area contributed by atoms with Gasteiger partial charge in [0.2, 0.25) is 0 Å². The first kappa shape index (κ1) is 22.1. The van der Waals surface area contributed by atoms with Gasteiger partial charge in [-0.25, -0.2) is 4.39 Å². The molecule has 0 atom stereocenters. The molecule has 2 aromatic carbocycles. The number of carbonyl (C=O) groups is 3. The molecule has 0 spiro atoms. The Labute approximate surface area is 192 Å². The lowest BCUT2D eigenvalue weighted by atomic mass is 10.1. The van der Waals surface area contributed by atoms with Gasteiger partial charge in [0.05, 0.1) is 18.1 Å². The summed E-state index contributed by atoms with van der Waals surface area (Å²) in [6.07, 6.45) is 3.39. The molecule has 0 bridgehead atoms. The van der Waals surface area contributed by atoms with Gasteiger partial charge in [-0.1, -0.05) is 35.9 Å². The molecule has 1 fully saturated rings. The van der Waals surface area contributed by atoms with Gasteiger partial charge >= 0.3 is 5.97 Å². The van der Waals surface area contributed by atoms with Gasteiger partial charge < -0.3 is 9.30 Å². The van der Waals surface area contributed by atoms with Crippen LogP contribution in [0.25, 0.3) is 17.0 Å². The molecule has 6 nitrogen and oxygen atoms in total. The standard InChI is InChI=1S/C23H18ClFN2O4S/c1-2-31-21(28)13-27-22(29)20(32-23(27)30)10-14-11-26(19-9-4-3-6-15(14)19)12-16-17(24)7-5-8-18(16)25/h3-11H,2,12-13H2,1H3/b20-10-. The molecule has 0 aliphatic carbocycles. The zero-order valence-electron chi connectivity index (χ0n) is 17.0. The van der Waals surface area contributed by atoms with E-state index in [1.807, 2.05) is 28.8 Å². The molecular formula is C23H18ClFN2O4S. The Morgan fingerprint density at radius 3 is 2.72 bits per heavy atom. The largest absolute Gasteiger partial charge is 0.465 e. The number of aromatic nitrogens is 1. The SMILES string of the molecule is CCOC(=O)CN1C(=O)S/C(=C\c2cn(Cc3c(F)cccc3Cl)c3ccccc23)C1=O. The summed E-state index contributed by atoms with van der Waals surface area (Å²) in [5.74, 6) is -1.60. The number of esters is 1. The van der Waals surface area contributed by atoms with E-state index in [9.17, 15) is 18.8 Å². The first-order valence-electron chi connectivity index (χ1n) is 9.80. The lowest BCUT2D eigenvalue weighted by Gasteiger charge is -2.10. The summed E-state index contributed by atoms with van der Waals surface area (Å²) >= 11 is 6.96. The lowest BCUT2D eigenvalue weighted by molar-refractivity contribution is -0.145. The summed E-state index contributed by atoms with van der Waals surface area (Å²) < 4.78 is 21.0. The van der Waals surface area contributed by atoms with Crippen molar-refractivity contribution >= 4 is 57.5 Å². The van der Waals surface area contributed by atoms with E-state index in [4.69, 9.17) is 16.3 Å². The molecule has 0 unspecified atom stereocenters. The fourth-order valence-corrected chi connectivity index (χ4v) is 4.54. The molecule has 2 heterocycles. The molecule has 164 valence electrons. The lowest BCUT2D eigenvalue weighted by Crippen LogP contribution is -2.34. The summed E-state index contributed by atoms with van der Waals surface area (Å²) in [6, 6.07) is 12.0. The molecule has 1 saturated heterocycles. The first-order chi connectivity index (χ1) is 15.4. The number of amides is 2. The number of rotatable bonds is 6. The number of carbonyl (C=O) groups excluding carboxylic acids is 3. The highest BCUT2D eigenvalue weighted by atomic mass is 35.5. The highest BCUT2D eigenvalue weighted by molar-refractivity contribution is 8.18. The summed E-state index contributed by atoms with van der Waals surface area (Å²) in [7, 11) is 0. The van der Waals surface area contributed by atoms with Gasteiger partial charge in [0.15, 0.2) is 0 Å². The van der Waals surface area contributed by atoms with Crippen LogP contribution in [0.2, 0.25) is 5.02 Å². The second-order valence-electron chi connectivity index (χ2n) is 7.00. The van der Waals surface area contributed by atoms with Gasteiger partial charge in [-0.3, -0.25) is 19.3 Å². The van der Waals surface area contributed by atoms with Gasteiger partial charge in [-0.05, 0) is 43.0 Å². The van der Waals surface area contributed by atoms with Gasteiger partial charge in [-0.15, -0.1) is 0 Å².